The van der Waals surface area contributed by atoms with Gasteiger partial charge >= 0.3 is 108 Å². The molecule has 0 rings (SSSR count). The van der Waals surface area contributed by atoms with Crippen molar-refractivity contribution < 1.29 is 43.8 Å². The number of hydrogen-bond acceptors (Lipinski definition) is 1. The van der Waals surface area contributed by atoms with Crippen LogP contribution in [0.15, 0.2) is 12.2 Å². The van der Waals surface area contributed by atoms with E-state index >= 15 is 0 Å². The number of ether oxygens (including phenoxy) is 1. The van der Waals surface area contributed by atoms with Crippen LogP contribution in [0, 0.1) is 33.3 Å². The summed E-state index contributed by atoms with van der Waals surface area (Å²) >= 11 is 2.72. The van der Waals surface area contributed by atoms with E-state index in [2.05, 4.69) is 55.7 Å². The molecular weight excluding hydrogens is 268 g/mol. The summed E-state index contributed by atoms with van der Waals surface area (Å²) in [6, 6.07) is 0. The Morgan fingerprint density at radius 1 is 0.882 bits per heavy atom. The number of methoxy groups -OCH3 is 1. The van der Waals surface area contributed by atoms with Gasteiger partial charge in [-0.15, -0.1) is 0 Å². The van der Waals surface area contributed by atoms with Crippen LogP contribution in [0.1, 0.15) is 6.92 Å². The first kappa shape index (κ1) is 36.0. The first-order chi connectivity index (χ1) is 8.18. The predicted octanol–water partition coefficient (Wildman–Crippen LogP) is 0.698. The van der Waals surface area contributed by atoms with Crippen molar-refractivity contribution in [1.82, 2.24) is 0 Å². The third-order valence-electron chi connectivity index (χ3n) is 0.534. The first-order valence-electron chi connectivity index (χ1n) is 2.94. The standard InChI is InChI=1S/C5H8O.5CO.Cr/c1-5(2)4-6-3;5*1-2;/h1H2,2-3H3;;;;;;. The number of hydrogen-bond donors (Lipinski definition) is 0. The Hall–Kier alpha value is -1.20. The Kier molecular flexibility index (Phi) is 178. The predicted molar refractivity (Wildman–Crippen MR) is 46.5 cm³/mol. The van der Waals surface area contributed by atoms with E-state index < -0.39 is 0 Å². The van der Waals surface area contributed by atoms with Gasteiger partial charge in [0.25, 0.3) is 0 Å². The van der Waals surface area contributed by atoms with Crippen LogP contribution in [0.3, 0.4) is 0 Å². The van der Waals surface area contributed by atoms with Crippen LogP contribution in [0.2, 0.25) is 0 Å². The van der Waals surface area contributed by atoms with Gasteiger partial charge in [-0.2, -0.15) is 0 Å². The third kappa shape index (κ3) is 105. The molecule has 0 aliphatic carbocycles. The minimum absolute atomic E-state index is 0.778. The molecule has 0 heterocycles. The van der Waals surface area contributed by atoms with E-state index in [-0.39, 0.29) is 0 Å². The molecule has 0 radical (unpaired) electrons. The zero-order chi connectivity index (χ0) is 15.9. The summed E-state index contributed by atoms with van der Waals surface area (Å²) < 4.78 is 43.1. The van der Waals surface area contributed by atoms with Crippen LogP contribution < -0.4 is 0 Å². The van der Waals surface area contributed by atoms with Crippen molar-refractivity contribution in [3.63, 3.8) is 0 Å². The molecule has 0 saturated carbocycles. The Morgan fingerprint density at radius 3 is 1.06 bits per heavy atom. The molecular formula is C10H8CrO6. The molecule has 0 bridgehead atoms. The topological polar surface area (TPSA) is 109 Å². The third-order valence-corrected chi connectivity index (χ3v) is 1.34. The average Bonchev–Trinajstić information content (AvgIpc) is 2.48. The summed E-state index contributed by atoms with van der Waals surface area (Å²) in [6.07, 6.45) is 0. The van der Waals surface area contributed by atoms with E-state index in [1.807, 2.05) is 6.92 Å². The molecule has 7 heteroatoms. The molecule has 0 N–H and O–H groups in total. The van der Waals surface area contributed by atoms with Gasteiger partial charge in [0, 0.05) is 0 Å². The van der Waals surface area contributed by atoms with Crippen molar-refractivity contribution in [1.29, 1.82) is 0 Å². The summed E-state index contributed by atoms with van der Waals surface area (Å²) in [5.41, 5.74) is 0.933. The van der Waals surface area contributed by atoms with Crippen LogP contribution in [0.5, 0.6) is 0 Å². The summed E-state index contributed by atoms with van der Waals surface area (Å²) in [7, 11) is 1.61. The fourth-order valence-corrected chi connectivity index (χ4v) is 0.174. The van der Waals surface area contributed by atoms with Crippen LogP contribution >= 0.6 is 0 Å². The number of rotatable bonds is 2. The Balaban J connectivity index is -0.0000000257. The van der Waals surface area contributed by atoms with Gasteiger partial charge in [-0.1, -0.05) is 0 Å². The molecule has 0 amide bonds. The van der Waals surface area contributed by atoms with Gasteiger partial charge in [0.15, 0.2) is 0 Å². The van der Waals surface area contributed by atoms with Crippen molar-refractivity contribution in [3.8, 4) is 0 Å². The van der Waals surface area contributed by atoms with Gasteiger partial charge in [-0.05, 0) is 0 Å². The van der Waals surface area contributed by atoms with Crippen molar-refractivity contribution in [2.75, 3.05) is 7.11 Å². The fourth-order valence-electron chi connectivity index (χ4n) is 0.174. The van der Waals surface area contributed by atoms with Crippen molar-refractivity contribution in [3.05, 3.63) is 45.4 Å². The zero-order valence-corrected chi connectivity index (χ0v) is 10.3. The van der Waals surface area contributed by atoms with Gasteiger partial charge in [-0.3, -0.25) is 0 Å². The Labute approximate surface area is 108 Å². The van der Waals surface area contributed by atoms with E-state index in [4.69, 9.17) is 28.0 Å². The van der Waals surface area contributed by atoms with Crippen molar-refractivity contribution in [2.45, 2.75) is 6.92 Å². The normalized spacial score (nSPS) is 4.00. The average molecular weight is 276 g/mol. The maximum atomic E-state index is 7.50. The molecule has 90 valence electrons. The van der Waals surface area contributed by atoms with Gasteiger partial charge in [0.1, 0.15) is 0 Å². The van der Waals surface area contributed by atoms with Crippen LogP contribution in [0.4, 0.5) is 0 Å². The Bertz CT molecular complexity index is 223. The molecule has 0 aromatic rings. The second-order valence-corrected chi connectivity index (χ2v) is 1.85. The second-order valence-electron chi connectivity index (χ2n) is 1.27. The van der Waals surface area contributed by atoms with E-state index in [0.29, 0.717) is 0 Å². The Morgan fingerprint density at radius 2 is 1.06 bits per heavy atom. The van der Waals surface area contributed by atoms with Crippen molar-refractivity contribution >= 4 is 4.57 Å². The molecule has 0 aliphatic heterocycles. The second kappa shape index (κ2) is 83.8. The van der Waals surface area contributed by atoms with E-state index in [1.54, 1.807) is 7.11 Å². The van der Waals surface area contributed by atoms with Gasteiger partial charge in [0.2, 0.25) is 0 Å². The monoisotopic (exact) mass is 276 g/mol. The SMILES string of the molecule is C=C(C)[C](=[Cr])OC.[C-]#[O+].[C-]#[O+].[C-]#[O+].[C-]#[O+].[C-]#[O+]. The van der Waals surface area contributed by atoms with Crippen LogP contribution in [-0.2, 0) is 43.8 Å². The first-order valence-corrected chi connectivity index (χ1v) is 3.58. The summed E-state index contributed by atoms with van der Waals surface area (Å²) in [5, 5.41) is 0. The van der Waals surface area contributed by atoms with Gasteiger partial charge in [-0.25, -0.2) is 0 Å². The molecule has 0 aromatic heterocycles. The maximum absolute atomic E-state index is 7.50. The summed E-state index contributed by atoms with van der Waals surface area (Å²) in [6.45, 7) is 28.0. The molecule has 0 saturated heterocycles. The molecule has 0 spiro atoms. The summed E-state index contributed by atoms with van der Waals surface area (Å²) in [4.78, 5) is 0. The molecule has 17 heavy (non-hydrogen) atoms. The van der Waals surface area contributed by atoms with Crippen LogP contribution in [-0.4, -0.2) is 11.7 Å². The van der Waals surface area contributed by atoms with Crippen LogP contribution in [0.25, 0.3) is 0 Å². The zero-order valence-electron chi connectivity index (χ0n) is 9.06. The van der Waals surface area contributed by atoms with E-state index in [9.17, 15) is 0 Å². The molecule has 0 fully saturated rings. The minimum atomic E-state index is 0.778. The molecule has 0 unspecified atom stereocenters. The molecule has 6 nitrogen and oxygen atoms in total. The van der Waals surface area contributed by atoms with E-state index in [1.165, 1.54) is 0 Å². The fraction of sp³-hybridized carbons (Fsp3) is 0.200. The molecule has 0 aromatic carbocycles. The quantitative estimate of drug-likeness (QED) is 0.536. The van der Waals surface area contributed by atoms with Gasteiger partial charge < -0.3 is 0 Å². The van der Waals surface area contributed by atoms with Crippen molar-refractivity contribution in [2.24, 2.45) is 0 Å². The van der Waals surface area contributed by atoms with Gasteiger partial charge in [0.05, 0.1) is 0 Å². The molecule has 0 atom stereocenters. The molecule has 0 aliphatic rings. The summed E-state index contributed by atoms with van der Waals surface area (Å²) in [5.74, 6) is 0. The van der Waals surface area contributed by atoms with E-state index in [0.717, 1.165) is 10.1 Å².